The van der Waals surface area contributed by atoms with E-state index in [0.717, 1.165) is 56.0 Å². The van der Waals surface area contributed by atoms with E-state index in [0.29, 0.717) is 23.5 Å². The molecule has 0 bridgehead atoms. The van der Waals surface area contributed by atoms with Crippen LogP contribution in [0.4, 0.5) is 10.1 Å². The molecule has 0 aliphatic carbocycles. The SMILES string of the molecule is Cl.Cl.O=C1Nc2cc(F)ccc2C1c1ncnc2cc(OCCCN3CCOCC3)ccc12. The number of morpholine rings is 1. The molecular weight excluding hydrogens is 470 g/mol. The van der Waals surface area contributed by atoms with Gasteiger partial charge in [0.1, 0.15) is 23.8 Å². The van der Waals surface area contributed by atoms with Crippen LogP contribution in [0.15, 0.2) is 42.7 Å². The maximum Gasteiger partial charge on any atom is 0.238 e. The summed E-state index contributed by atoms with van der Waals surface area (Å²) in [5.41, 5.74) is 2.52. The molecule has 3 aromatic rings. The zero-order valence-corrected chi connectivity index (χ0v) is 19.5. The molecule has 2 aliphatic rings. The first-order chi connectivity index (χ1) is 15.2. The van der Waals surface area contributed by atoms with Gasteiger partial charge in [-0.25, -0.2) is 14.4 Å². The summed E-state index contributed by atoms with van der Waals surface area (Å²) in [4.78, 5) is 23.8. The Kier molecular flexibility index (Phi) is 8.42. The third-order valence-corrected chi connectivity index (χ3v) is 5.75. The number of halogens is 3. The number of carbonyl (C=O) groups is 1. The Morgan fingerprint density at radius 1 is 1.12 bits per heavy atom. The Morgan fingerprint density at radius 2 is 1.94 bits per heavy atom. The number of fused-ring (bicyclic) bond motifs is 2. The first-order valence-corrected chi connectivity index (χ1v) is 10.5. The predicted octanol–water partition coefficient (Wildman–Crippen LogP) is 3.80. The van der Waals surface area contributed by atoms with Crippen LogP contribution >= 0.6 is 24.8 Å². The van der Waals surface area contributed by atoms with Crippen molar-refractivity contribution >= 4 is 47.3 Å². The number of hydrogen-bond acceptors (Lipinski definition) is 6. The zero-order chi connectivity index (χ0) is 21.2. The second-order valence-electron chi connectivity index (χ2n) is 7.75. The van der Waals surface area contributed by atoms with Crippen molar-refractivity contribution in [1.29, 1.82) is 0 Å². The minimum Gasteiger partial charge on any atom is -0.493 e. The molecule has 0 radical (unpaired) electrons. The van der Waals surface area contributed by atoms with E-state index in [-0.39, 0.29) is 36.5 Å². The van der Waals surface area contributed by atoms with Crippen LogP contribution in [-0.4, -0.2) is 60.2 Å². The minimum absolute atomic E-state index is 0. The highest BCUT2D eigenvalue weighted by Crippen LogP contribution is 2.39. The van der Waals surface area contributed by atoms with Gasteiger partial charge in [-0.05, 0) is 36.2 Å². The van der Waals surface area contributed by atoms with E-state index in [1.807, 2.05) is 18.2 Å². The summed E-state index contributed by atoms with van der Waals surface area (Å²) >= 11 is 0. The van der Waals surface area contributed by atoms with E-state index in [9.17, 15) is 9.18 Å². The van der Waals surface area contributed by atoms with E-state index < -0.39 is 5.92 Å². The van der Waals surface area contributed by atoms with Crippen molar-refractivity contribution in [2.75, 3.05) is 44.8 Å². The molecule has 33 heavy (non-hydrogen) atoms. The summed E-state index contributed by atoms with van der Waals surface area (Å²) in [7, 11) is 0. The number of rotatable bonds is 6. The van der Waals surface area contributed by atoms with E-state index >= 15 is 0 Å². The normalized spacial score (nSPS) is 17.6. The average Bonchev–Trinajstić information content (AvgIpc) is 3.11. The number of benzene rings is 2. The van der Waals surface area contributed by atoms with Crippen LogP contribution in [0.1, 0.15) is 23.6 Å². The monoisotopic (exact) mass is 494 g/mol. The van der Waals surface area contributed by atoms with Gasteiger partial charge in [0.05, 0.1) is 31.0 Å². The van der Waals surface area contributed by atoms with Gasteiger partial charge in [-0.3, -0.25) is 9.69 Å². The maximum absolute atomic E-state index is 13.6. The van der Waals surface area contributed by atoms with Gasteiger partial charge in [0.2, 0.25) is 5.91 Å². The quantitative estimate of drug-likeness (QED) is 0.525. The molecule has 1 saturated heterocycles. The third-order valence-electron chi connectivity index (χ3n) is 5.75. The third kappa shape index (κ3) is 5.35. The van der Waals surface area contributed by atoms with Gasteiger partial charge in [0.25, 0.3) is 0 Å². The van der Waals surface area contributed by atoms with Crippen LogP contribution in [0.25, 0.3) is 10.9 Å². The summed E-state index contributed by atoms with van der Waals surface area (Å²) in [6.07, 6.45) is 2.39. The number of amides is 1. The van der Waals surface area contributed by atoms with Crippen molar-refractivity contribution in [3.8, 4) is 5.75 Å². The van der Waals surface area contributed by atoms with Crippen LogP contribution in [-0.2, 0) is 9.53 Å². The molecule has 0 saturated carbocycles. The fourth-order valence-corrected chi connectivity index (χ4v) is 4.19. The lowest BCUT2D eigenvalue weighted by Crippen LogP contribution is -2.37. The van der Waals surface area contributed by atoms with E-state index in [4.69, 9.17) is 9.47 Å². The lowest BCUT2D eigenvalue weighted by atomic mass is 9.94. The van der Waals surface area contributed by atoms with Gasteiger partial charge < -0.3 is 14.8 Å². The van der Waals surface area contributed by atoms with E-state index in [2.05, 4.69) is 20.2 Å². The van der Waals surface area contributed by atoms with Crippen molar-refractivity contribution in [3.63, 3.8) is 0 Å². The van der Waals surface area contributed by atoms with Gasteiger partial charge in [-0.15, -0.1) is 24.8 Å². The van der Waals surface area contributed by atoms with Crippen LogP contribution in [0.5, 0.6) is 5.75 Å². The average molecular weight is 495 g/mol. The minimum atomic E-state index is -0.596. The first kappa shape index (κ1) is 25.1. The Morgan fingerprint density at radius 3 is 2.76 bits per heavy atom. The molecule has 0 spiro atoms. The summed E-state index contributed by atoms with van der Waals surface area (Å²) < 4.78 is 24.8. The molecule has 7 nitrogen and oxygen atoms in total. The van der Waals surface area contributed by atoms with E-state index in [1.54, 1.807) is 6.07 Å². The second kappa shape index (κ2) is 11.1. The Hall–Kier alpha value is -2.52. The lowest BCUT2D eigenvalue weighted by molar-refractivity contribution is -0.116. The molecule has 1 amide bonds. The van der Waals surface area contributed by atoms with Crippen molar-refractivity contribution in [1.82, 2.24) is 14.9 Å². The summed E-state index contributed by atoms with van der Waals surface area (Å²) in [5, 5.41) is 3.53. The Bertz CT molecular complexity index is 1130. The fourth-order valence-electron chi connectivity index (χ4n) is 4.19. The highest BCUT2D eigenvalue weighted by atomic mass is 35.5. The fraction of sp³-hybridized carbons (Fsp3) is 0.348. The summed E-state index contributed by atoms with van der Waals surface area (Å²) in [6, 6.07) is 9.96. The van der Waals surface area contributed by atoms with Gasteiger partial charge in [-0.1, -0.05) is 6.07 Å². The van der Waals surface area contributed by atoms with Crippen molar-refractivity contribution < 1.29 is 18.7 Å². The molecule has 1 atom stereocenters. The van der Waals surface area contributed by atoms with Crippen molar-refractivity contribution in [3.05, 3.63) is 59.8 Å². The molecule has 1 aromatic heterocycles. The molecule has 2 aliphatic heterocycles. The number of nitrogens with zero attached hydrogens (tertiary/aromatic N) is 3. The Labute approximate surface area is 203 Å². The van der Waals surface area contributed by atoms with Gasteiger partial charge in [0.15, 0.2) is 0 Å². The molecule has 5 rings (SSSR count). The molecule has 1 N–H and O–H groups in total. The topological polar surface area (TPSA) is 76.6 Å². The summed E-state index contributed by atoms with van der Waals surface area (Å²) in [5.74, 6) is -0.467. The molecule has 3 heterocycles. The summed E-state index contributed by atoms with van der Waals surface area (Å²) in [6.45, 7) is 5.14. The highest BCUT2D eigenvalue weighted by Gasteiger charge is 2.34. The van der Waals surface area contributed by atoms with Gasteiger partial charge >= 0.3 is 0 Å². The molecule has 176 valence electrons. The lowest BCUT2D eigenvalue weighted by Gasteiger charge is -2.26. The maximum atomic E-state index is 13.6. The number of carbonyl (C=O) groups excluding carboxylic acids is 1. The first-order valence-electron chi connectivity index (χ1n) is 10.5. The molecular formula is C23H25Cl2FN4O3. The number of hydrogen-bond donors (Lipinski definition) is 1. The molecule has 2 aromatic carbocycles. The van der Waals surface area contributed by atoms with Gasteiger partial charge in [-0.2, -0.15) is 0 Å². The predicted molar refractivity (Wildman–Crippen MR) is 128 cm³/mol. The smallest absolute Gasteiger partial charge is 0.238 e. The van der Waals surface area contributed by atoms with Crippen LogP contribution in [0, 0.1) is 5.82 Å². The molecule has 10 heteroatoms. The Balaban J connectivity index is 0.00000153. The number of anilines is 1. The van der Waals surface area contributed by atoms with Crippen molar-refractivity contribution in [2.45, 2.75) is 12.3 Å². The standard InChI is InChI=1S/C23H23FN4O3.2ClH/c24-15-2-4-17-20(12-15)27-23(29)21(17)22-18-5-3-16(13-19(18)25-14-26-22)31-9-1-6-28-7-10-30-11-8-28;;/h2-5,12-14,21H,1,6-11H2,(H,27,29);2*1H. The molecule has 1 fully saturated rings. The zero-order valence-electron chi connectivity index (χ0n) is 17.8. The van der Waals surface area contributed by atoms with Crippen LogP contribution in [0.2, 0.25) is 0 Å². The molecule has 1 unspecified atom stereocenters. The second-order valence-corrected chi connectivity index (χ2v) is 7.75. The van der Waals surface area contributed by atoms with Crippen LogP contribution < -0.4 is 10.1 Å². The van der Waals surface area contributed by atoms with Gasteiger partial charge in [0, 0.05) is 36.8 Å². The number of ether oxygens (including phenoxy) is 2. The number of aromatic nitrogens is 2. The van der Waals surface area contributed by atoms with Crippen LogP contribution in [0.3, 0.4) is 0 Å². The van der Waals surface area contributed by atoms with E-state index in [1.165, 1.54) is 18.5 Å². The van der Waals surface area contributed by atoms with Crippen molar-refractivity contribution in [2.24, 2.45) is 0 Å². The highest BCUT2D eigenvalue weighted by molar-refractivity contribution is 6.06. The number of nitrogens with one attached hydrogen (secondary N) is 1. The largest absolute Gasteiger partial charge is 0.493 e.